The van der Waals surface area contributed by atoms with Crippen LogP contribution < -0.4 is 0 Å². The van der Waals surface area contributed by atoms with Crippen molar-refractivity contribution in [2.24, 2.45) is 0 Å². The first-order valence-electron chi connectivity index (χ1n) is 10.1. The molecule has 0 nitrogen and oxygen atoms in total. The summed E-state index contributed by atoms with van der Waals surface area (Å²) >= 11 is 0. The number of allylic oxidation sites excluding steroid dienone is 2. The second-order valence-electron chi connectivity index (χ2n) is 7.64. The van der Waals surface area contributed by atoms with E-state index in [1.54, 1.807) is 6.07 Å². The van der Waals surface area contributed by atoms with Gasteiger partial charge < -0.3 is 0 Å². The third-order valence-electron chi connectivity index (χ3n) is 5.61. The van der Waals surface area contributed by atoms with E-state index in [0.29, 0.717) is 24.0 Å². The molecule has 0 unspecified atom stereocenters. The maximum atomic E-state index is 14.8. The van der Waals surface area contributed by atoms with E-state index < -0.39 is 17.5 Å². The highest BCUT2D eigenvalue weighted by atomic mass is 19.2. The molecule has 0 atom stereocenters. The van der Waals surface area contributed by atoms with Crippen molar-refractivity contribution in [3.8, 4) is 11.1 Å². The van der Waals surface area contributed by atoms with E-state index in [-0.39, 0.29) is 0 Å². The second-order valence-corrected chi connectivity index (χ2v) is 7.64. The zero-order valence-corrected chi connectivity index (χ0v) is 16.4. The number of unbranched alkanes of at least 4 members (excludes halogenated alkanes) is 1. The van der Waals surface area contributed by atoms with Crippen LogP contribution in [0.3, 0.4) is 0 Å². The zero-order valence-electron chi connectivity index (χ0n) is 16.4. The standard InChI is InChI=1S/C26H23F3/c1-2-3-4-17-5-7-18(8-6-17)19-9-10-20-14-23(25(28)16-22(20)13-19)21-11-12-24(27)26(29)15-21/h5-9,11-12,14-16H,2-4,10,13H2,1H3. The molecule has 3 aromatic carbocycles. The lowest BCUT2D eigenvalue weighted by atomic mass is 9.86. The van der Waals surface area contributed by atoms with Crippen LogP contribution in [-0.2, 0) is 19.3 Å². The first-order valence-corrected chi connectivity index (χ1v) is 10.1. The summed E-state index contributed by atoms with van der Waals surface area (Å²) in [5.74, 6) is -2.31. The molecule has 4 rings (SSSR count). The van der Waals surface area contributed by atoms with Gasteiger partial charge in [-0.25, -0.2) is 13.2 Å². The lowest BCUT2D eigenvalue weighted by Gasteiger charge is -2.19. The van der Waals surface area contributed by atoms with Gasteiger partial charge in [0, 0.05) is 5.56 Å². The van der Waals surface area contributed by atoms with Crippen LogP contribution in [0, 0.1) is 17.5 Å². The van der Waals surface area contributed by atoms with Crippen molar-refractivity contribution in [1.29, 1.82) is 0 Å². The maximum Gasteiger partial charge on any atom is 0.159 e. The number of fused-ring (bicyclic) bond motifs is 1. The fraction of sp³-hybridized carbons (Fsp3) is 0.231. The van der Waals surface area contributed by atoms with E-state index in [2.05, 4.69) is 37.3 Å². The summed E-state index contributed by atoms with van der Waals surface area (Å²) in [7, 11) is 0. The molecule has 0 aliphatic heterocycles. The molecule has 0 radical (unpaired) electrons. The molecule has 0 N–H and O–H groups in total. The molecule has 3 heteroatoms. The molecule has 0 bridgehead atoms. The quantitative estimate of drug-likeness (QED) is 0.427. The minimum absolute atomic E-state index is 0.305. The molecule has 0 saturated heterocycles. The summed E-state index contributed by atoms with van der Waals surface area (Å²) in [5.41, 5.74) is 6.33. The van der Waals surface area contributed by atoms with Gasteiger partial charge in [-0.1, -0.05) is 49.8 Å². The fourth-order valence-corrected chi connectivity index (χ4v) is 3.90. The molecule has 0 saturated carbocycles. The Morgan fingerprint density at radius 2 is 1.52 bits per heavy atom. The SMILES string of the molecule is CCCCc1ccc(C2=CCc3cc(-c4ccc(F)c(F)c4)c(F)cc3C2)cc1. The molecule has 0 spiro atoms. The summed E-state index contributed by atoms with van der Waals surface area (Å²) in [6, 6.07) is 15.4. The predicted molar refractivity (Wildman–Crippen MR) is 112 cm³/mol. The van der Waals surface area contributed by atoms with Crippen LogP contribution in [0.4, 0.5) is 13.2 Å². The highest BCUT2D eigenvalue weighted by Gasteiger charge is 2.17. The monoisotopic (exact) mass is 392 g/mol. The molecule has 1 aliphatic rings. The van der Waals surface area contributed by atoms with E-state index in [0.717, 1.165) is 29.7 Å². The average molecular weight is 392 g/mol. The Bertz CT molecular complexity index is 1060. The van der Waals surface area contributed by atoms with Gasteiger partial charge in [0.2, 0.25) is 0 Å². The van der Waals surface area contributed by atoms with E-state index in [9.17, 15) is 13.2 Å². The number of rotatable bonds is 5. The largest absolute Gasteiger partial charge is 0.206 e. The van der Waals surface area contributed by atoms with Gasteiger partial charge in [0.25, 0.3) is 0 Å². The summed E-state index contributed by atoms with van der Waals surface area (Å²) < 4.78 is 41.5. The van der Waals surface area contributed by atoms with Gasteiger partial charge in [0.1, 0.15) is 5.82 Å². The fourth-order valence-electron chi connectivity index (χ4n) is 3.90. The minimum Gasteiger partial charge on any atom is -0.206 e. The van der Waals surface area contributed by atoms with Crippen molar-refractivity contribution in [1.82, 2.24) is 0 Å². The summed E-state index contributed by atoms with van der Waals surface area (Å²) in [6.07, 6.45) is 7.00. The number of hydrogen-bond acceptors (Lipinski definition) is 0. The molecule has 148 valence electrons. The van der Waals surface area contributed by atoms with Crippen LogP contribution in [0.5, 0.6) is 0 Å². The van der Waals surface area contributed by atoms with Crippen LogP contribution in [0.1, 0.15) is 42.0 Å². The first kappa shape index (κ1) is 19.5. The van der Waals surface area contributed by atoms with Crippen LogP contribution in [0.15, 0.2) is 60.7 Å². The zero-order chi connectivity index (χ0) is 20.4. The molecule has 0 amide bonds. The van der Waals surface area contributed by atoms with Crippen LogP contribution in [-0.4, -0.2) is 0 Å². The third-order valence-corrected chi connectivity index (χ3v) is 5.61. The van der Waals surface area contributed by atoms with Crippen molar-refractivity contribution in [2.75, 3.05) is 0 Å². The van der Waals surface area contributed by atoms with Crippen LogP contribution >= 0.6 is 0 Å². The Balaban J connectivity index is 1.58. The van der Waals surface area contributed by atoms with Crippen molar-refractivity contribution in [3.05, 3.63) is 100 Å². The molecular formula is C26H23F3. The number of hydrogen-bond donors (Lipinski definition) is 0. The Labute approximate surface area is 169 Å². The normalized spacial score (nSPS) is 13.2. The van der Waals surface area contributed by atoms with Gasteiger partial charge >= 0.3 is 0 Å². The van der Waals surface area contributed by atoms with E-state index in [1.807, 2.05) is 0 Å². The molecular weight excluding hydrogens is 369 g/mol. The van der Waals surface area contributed by atoms with Gasteiger partial charge in [-0.3, -0.25) is 0 Å². The van der Waals surface area contributed by atoms with Crippen molar-refractivity contribution in [2.45, 2.75) is 39.0 Å². The van der Waals surface area contributed by atoms with Crippen LogP contribution in [0.2, 0.25) is 0 Å². The summed E-state index contributed by atoms with van der Waals surface area (Å²) in [4.78, 5) is 0. The Morgan fingerprint density at radius 1 is 0.759 bits per heavy atom. The number of aryl methyl sites for hydroxylation is 1. The van der Waals surface area contributed by atoms with Crippen molar-refractivity contribution in [3.63, 3.8) is 0 Å². The maximum absolute atomic E-state index is 14.8. The topological polar surface area (TPSA) is 0 Å². The number of halogens is 3. The molecule has 3 aromatic rings. The minimum atomic E-state index is -0.968. The molecule has 0 aromatic heterocycles. The van der Waals surface area contributed by atoms with Gasteiger partial charge in [-0.2, -0.15) is 0 Å². The highest BCUT2D eigenvalue weighted by Crippen LogP contribution is 2.33. The third kappa shape index (κ3) is 4.14. The molecule has 0 heterocycles. The summed E-state index contributed by atoms with van der Waals surface area (Å²) in [6.45, 7) is 2.19. The van der Waals surface area contributed by atoms with Gasteiger partial charge in [0.15, 0.2) is 11.6 Å². The van der Waals surface area contributed by atoms with E-state index >= 15 is 0 Å². The highest BCUT2D eigenvalue weighted by molar-refractivity contribution is 5.73. The van der Waals surface area contributed by atoms with E-state index in [4.69, 9.17) is 0 Å². The van der Waals surface area contributed by atoms with Crippen molar-refractivity contribution < 1.29 is 13.2 Å². The van der Waals surface area contributed by atoms with Gasteiger partial charge in [-0.05, 0) is 83.3 Å². The van der Waals surface area contributed by atoms with Gasteiger partial charge in [-0.15, -0.1) is 0 Å². The Kier molecular flexibility index (Phi) is 5.57. The molecule has 1 aliphatic carbocycles. The smallest absolute Gasteiger partial charge is 0.159 e. The Morgan fingerprint density at radius 3 is 2.24 bits per heavy atom. The molecule has 0 fully saturated rings. The summed E-state index contributed by atoms with van der Waals surface area (Å²) in [5, 5.41) is 0. The van der Waals surface area contributed by atoms with E-state index in [1.165, 1.54) is 41.7 Å². The lowest BCUT2D eigenvalue weighted by Crippen LogP contribution is -2.05. The Hall–Kier alpha value is -2.81. The first-order chi connectivity index (χ1) is 14.0. The van der Waals surface area contributed by atoms with Gasteiger partial charge in [0.05, 0.1) is 0 Å². The lowest BCUT2D eigenvalue weighted by molar-refractivity contribution is 0.509. The second kappa shape index (κ2) is 8.28. The average Bonchev–Trinajstić information content (AvgIpc) is 2.74. The van der Waals surface area contributed by atoms with Crippen molar-refractivity contribution >= 4 is 5.57 Å². The van der Waals surface area contributed by atoms with Crippen LogP contribution in [0.25, 0.3) is 16.7 Å². The number of benzene rings is 3. The predicted octanol–water partition coefficient (Wildman–Crippen LogP) is 7.30. The molecule has 29 heavy (non-hydrogen) atoms.